The number of aromatic nitrogens is 2. The average Bonchev–Trinajstić information content (AvgIpc) is 2.68. The van der Waals surface area contributed by atoms with Gasteiger partial charge in [-0.05, 0) is 13.0 Å². The van der Waals surface area contributed by atoms with Crippen molar-refractivity contribution in [3.05, 3.63) is 29.3 Å². The van der Waals surface area contributed by atoms with Crippen LogP contribution in [0.25, 0.3) is 0 Å². The summed E-state index contributed by atoms with van der Waals surface area (Å²) >= 11 is 0. The van der Waals surface area contributed by atoms with E-state index in [1.54, 1.807) is 18.7 Å². The number of hydrogen-bond acceptors (Lipinski definition) is 5. The van der Waals surface area contributed by atoms with Gasteiger partial charge < -0.3 is 8.92 Å². The molecule has 0 N–H and O–H groups in total. The molecule has 1 aliphatic heterocycles. The summed E-state index contributed by atoms with van der Waals surface area (Å²) in [6, 6.07) is 0. The highest BCUT2D eigenvalue weighted by Crippen LogP contribution is 2.32. The maximum absolute atomic E-state index is 12.3. The van der Waals surface area contributed by atoms with E-state index in [0.29, 0.717) is 5.56 Å². The summed E-state index contributed by atoms with van der Waals surface area (Å²) in [6.07, 6.45) is 1.99. The van der Waals surface area contributed by atoms with Crippen molar-refractivity contribution in [2.24, 2.45) is 7.05 Å². The van der Waals surface area contributed by atoms with Crippen LogP contribution in [0.4, 0.5) is 13.2 Å². The SMILES string of the molecule is Cc1c(C2C=C(OS(=O)(=O)C(F)(F)F)CCO2)cnn1C. The van der Waals surface area contributed by atoms with Crippen LogP contribution in [0.3, 0.4) is 0 Å². The van der Waals surface area contributed by atoms with Crippen molar-refractivity contribution in [3.63, 3.8) is 0 Å². The first-order chi connectivity index (χ1) is 9.62. The molecule has 0 saturated heterocycles. The van der Waals surface area contributed by atoms with E-state index in [9.17, 15) is 21.6 Å². The molecule has 1 aliphatic rings. The zero-order chi connectivity index (χ0) is 15.8. The van der Waals surface area contributed by atoms with Gasteiger partial charge in [0.05, 0.1) is 12.8 Å². The normalized spacial score (nSPS) is 20.2. The van der Waals surface area contributed by atoms with Gasteiger partial charge in [-0.3, -0.25) is 4.68 Å². The Morgan fingerprint density at radius 1 is 1.48 bits per heavy atom. The molecule has 1 atom stereocenters. The van der Waals surface area contributed by atoms with Crippen molar-refractivity contribution in [1.29, 1.82) is 0 Å². The fourth-order valence-corrected chi connectivity index (χ4v) is 2.33. The molecule has 21 heavy (non-hydrogen) atoms. The summed E-state index contributed by atoms with van der Waals surface area (Å²) < 4.78 is 70.0. The first-order valence-corrected chi connectivity index (χ1v) is 7.34. The summed E-state index contributed by atoms with van der Waals surface area (Å²) in [6.45, 7) is 1.82. The number of rotatable bonds is 3. The lowest BCUT2D eigenvalue weighted by atomic mass is 10.1. The fourth-order valence-electron chi connectivity index (χ4n) is 1.82. The first-order valence-electron chi connectivity index (χ1n) is 5.93. The van der Waals surface area contributed by atoms with Crippen LogP contribution >= 0.6 is 0 Å². The molecule has 118 valence electrons. The molecule has 0 amide bonds. The number of nitrogens with zero attached hydrogens (tertiary/aromatic N) is 2. The summed E-state index contributed by atoms with van der Waals surface area (Å²) in [4.78, 5) is 0. The van der Waals surface area contributed by atoms with Crippen molar-refractivity contribution in [1.82, 2.24) is 9.78 Å². The molecule has 2 rings (SSSR count). The molecule has 2 heterocycles. The predicted molar refractivity (Wildman–Crippen MR) is 65.4 cm³/mol. The van der Waals surface area contributed by atoms with Crippen LogP contribution in [0.1, 0.15) is 23.8 Å². The highest BCUT2D eigenvalue weighted by atomic mass is 32.2. The lowest BCUT2D eigenvalue weighted by Gasteiger charge is -2.22. The Balaban J connectivity index is 2.24. The van der Waals surface area contributed by atoms with Crippen LogP contribution in [0.15, 0.2) is 18.0 Å². The summed E-state index contributed by atoms with van der Waals surface area (Å²) in [5.41, 5.74) is -4.05. The van der Waals surface area contributed by atoms with E-state index >= 15 is 0 Å². The Morgan fingerprint density at radius 2 is 2.14 bits per heavy atom. The Kier molecular flexibility index (Phi) is 4.02. The minimum absolute atomic E-state index is 0.0505. The molecule has 1 unspecified atom stereocenters. The van der Waals surface area contributed by atoms with E-state index in [4.69, 9.17) is 4.74 Å². The summed E-state index contributed by atoms with van der Waals surface area (Å²) in [5, 5.41) is 4.00. The van der Waals surface area contributed by atoms with E-state index in [1.807, 2.05) is 0 Å². The smallest absolute Gasteiger partial charge is 0.381 e. The Labute approximate surface area is 119 Å². The quantitative estimate of drug-likeness (QED) is 0.627. The van der Waals surface area contributed by atoms with Gasteiger partial charge in [0.2, 0.25) is 0 Å². The lowest BCUT2D eigenvalue weighted by Crippen LogP contribution is -2.26. The Bertz CT molecular complexity index is 663. The summed E-state index contributed by atoms with van der Waals surface area (Å²) in [7, 11) is -3.95. The van der Waals surface area contributed by atoms with E-state index in [2.05, 4.69) is 9.28 Å². The number of aryl methyl sites for hydroxylation is 1. The highest BCUT2D eigenvalue weighted by Gasteiger charge is 2.49. The van der Waals surface area contributed by atoms with Crippen LogP contribution in [-0.2, 0) is 26.1 Å². The minimum atomic E-state index is -5.65. The molecule has 1 aromatic rings. The third-order valence-corrected chi connectivity index (χ3v) is 4.06. The lowest BCUT2D eigenvalue weighted by molar-refractivity contribution is -0.0530. The maximum Gasteiger partial charge on any atom is 0.534 e. The van der Waals surface area contributed by atoms with Gasteiger partial charge in [0.1, 0.15) is 11.9 Å². The number of halogens is 3. The van der Waals surface area contributed by atoms with Gasteiger partial charge in [-0.15, -0.1) is 0 Å². The van der Waals surface area contributed by atoms with Crippen molar-refractivity contribution >= 4 is 10.1 Å². The molecule has 1 aromatic heterocycles. The average molecular weight is 326 g/mol. The Morgan fingerprint density at radius 3 is 2.67 bits per heavy atom. The van der Waals surface area contributed by atoms with E-state index < -0.39 is 21.7 Å². The van der Waals surface area contributed by atoms with Crippen LogP contribution in [0.5, 0.6) is 0 Å². The van der Waals surface area contributed by atoms with Gasteiger partial charge in [-0.25, -0.2) is 0 Å². The second-order valence-electron chi connectivity index (χ2n) is 4.47. The van der Waals surface area contributed by atoms with Crippen LogP contribution in [0.2, 0.25) is 0 Å². The van der Waals surface area contributed by atoms with Gasteiger partial charge in [-0.2, -0.15) is 26.7 Å². The van der Waals surface area contributed by atoms with Crippen molar-refractivity contribution in [3.8, 4) is 0 Å². The van der Waals surface area contributed by atoms with Crippen LogP contribution in [-0.4, -0.2) is 30.3 Å². The molecule has 0 aliphatic carbocycles. The second-order valence-corrected chi connectivity index (χ2v) is 6.00. The largest absolute Gasteiger partial charge is 0.534 e. The van der Waals surface area contributed by atoms with E-state index in [1.165, 1.54) is 12.3 Å². The van der Waals surface area contributed by atoms with Crippen LogP contribution in [0, 0.1) is 6.92 Å². The van der Waals surface area contributed by atoms with Crippen molar-refractivity contribution < 1.29 is 30.5 Å². The molecule has 0 spiro atoms. The fraction of sp³-hybridized carbons (Fsp3) is 0.545. The molecule has 0 saturated carbocycles. The first kappa shape index (κ1) is 15.8. The highest BCUT2D eigenvalue weighted by molar-refractivity contribution is 7.87. The van der Waals surface area contributed by atoms with Crippen molar-refractivity contribution in [2.45, 2.75) is 25.0 Å². The third-order valence-electron chi connectivity index (χ3n) is 3.06. The molecule has 0 aromatic carbocycles. The van der Waals surface area contributed by atoms with Gasteiger partial charge in [-0.1, -0.05) is 0 Å². The third kappa shape index (κ3) is 3.21. The molecule has 0 radical (unpaired) electrons. The van der Waals surface area contributed by atoms with E-state index in [-0.39, 0.29) is 18.8 Å². The maximum atomic E-state index is 12.3. The van der Waals surface area contributed by atoms with Gasteiger partial charge >= 0.3 is 15.6 Å². The number of ether oxygens (including phenoxy) is 1. The van der Waals surface area contributed by atoms with Gasteiger partial charge in [0.25, 0.3) is 0 Å². The zero-order valence-electron chi connectivity index (χ0n) is 11.2. The predicted octanol–water partition coefficient (Wildman–Crippen LogP) is 1.94. The molecule has 0 fully saturated rings. The number of hydrogen-bond donors (Lipinski definition) is 0. The van der Waals surface area contributed by atoms with Gasteiger partial charge in [0.15, 0.2) is 0 Å². The molecular weight excluding hydrogens is 313 g/mol. The molecular formula is C11H13F3N2O4S. The topological polar surface area (TPSA) is 70.4 Å². The molecule has 0 bridgehead atoms. The zero-order valence-corrected chi connectivity index (χ0v) is 12.0. The Hall–Kier alpha value is -1.55. The number of alkyl halides is 3. The molecule has 10 heteroatoms. The van der Waals surface area contributed by atoms with E-state index in [0.717, 1.165) is 5.69 Å². The summed E-state index contributed by atoms with van der Waals surface area (Å²) in [5.74, 6) is -0.285. The standard InChI is InChI=1S/C11H13F3N2O4S/c1-7-9(6-15-16(7)2)10-5-8(3-4-19-10)20-21(17,18)11(12,13)14/h5-6,10H,3-4H2,1-2H3. The monoisotopic (exact) mass is 326 g/mol. The minimum Gasteiger partial charge on any atom is -0.381 e. The molecule has 6 nitrogen and oxygen atoms in total. The van der Waals surface area contributed by atoms with Crippen LogP contribution < -0.4 is 0 Å². The van der Waals surface area contributed by atoms with Gasteiger partial charge in [0, 0.05) is 24.7 Å². The second kappa shape index (κ2) is 5.34. The van der Waals surface area contributed by atoms with Crippen molar-refractivity contribution in [2.75, 3.05) is 6.61 Å².